The van der Waals surface area contributed by atoms with Gasteiger partial charge in [-0.3, -0.25) is 9.59 Å². The highest BCUT2D eigenvalue weighted by atomic mass is 16.5. The maximum Gasteiger partial charge on any atom is 0.254 e. The third-order valence-corrected chi connectivity index (χ3v) is 5.95. The quantitative estimate of drug-likeness (QED) is 0.741. The van der Waals surface area contributed by atoms with Crippen LogP contribution in [0.1, 0.15) is 44.7 Å². The molecule has 2 aliphatic heterocycles. The van der Waals surface area contributed by atoms with Crippen LogP contribution in [-0.4, -0.2) is 67.1 Å². The first-order valence-electron chi connectivity index (χ1n) is 11.0. The molecule has 1 atom stereocenters. The molecule has 31 heavy (non-hydrogen) atoms. The van der Waals surface area contributed by atoms with Crippen molar-refractivity contribution in [1.82, 2.24) is 9.80 Å². The van der Waals surface area contributed by atoms with Crippen LogP contribution < -0.4 is 4.74 Å². The van der Waals surface area contributed by atoms with E-state index in [0.717, 1.165) is 36.1 Å². The second-order valence-electron chi connectivity index (χ2n) is 8.41. The van der Waals surface area contributed by atoms with Gasteiger partial charge >= 0.3 is 0 Å². The number of aryl methyl sites for hydroxylation is 2. The molecule has 0 radical (unpaired) electrons. The lowest BCUT2D eigenvalue weighted by atomic mass is 10.1. The van der Waals surface area contributed by atoms with Crippen molar-refractivity contribution >= 4 is 11.8 Å². The lowest BCUT2D eigenvalue weighted by Gasteiger charge is -2.27. The van der Waals surface area contributed by atoms with E-state index in [4.69, 9.17) is 9.47 Å². The average molecular weight is 423 g/mol. The van der Waals surface area contributed by atoms with Crippen molar-refractivity contribution in [2.75, 3.05) is 39.5 Å². The normalized spacial score (nSPS) is 18.8. The largest absolute Gasteiger partial charge is 0.491 e. The van der Waals surface area contributed by atoms with Crippen LogP contribution in [-0.2, 0) is 4.74 Å². The maximum atomic E-state index is 13.1. The first-order chi connectivity index (χ1) is 15.0. The van der Waals surface area contributed by atoms with Gasteiger partial charge in [0.25, 0.3) is 11.8 Å². The molecule has 1 unspecified atom stereocenters. The minimum atomic E-state index is 0.0239. The number of ether oxygens (including phenoxy) is 2. The molecule has 2 aromatic rings. The minimum Gasteiger partial charge on any atom is -0.491 e. The Balaban J connectivity index is 1.35. The van der Waals surface area contributed by atoms with Gasteiger partial charge in [0.15, 0.2) is 0 Å². The molecule has 6 heteroatoms. The summed E-state index contributed by atoms with van der Waals surface area (Å²) >= 11 is 0. The van der Waals surface area contributed by atoms with Crippen molar-refractivity contribution in [1.29, 1.82) is 0 Å². The maximum absolute atomic E-state index is 13.1. The Morgan fingerprint density at radius 2 is 1.61 bits per heavy atom. The Morgan fingerprint density at radius 3 is 2.29 bits per heavy atom. The third kappa shape index (κ3) is 5.07. The molecule has 0 aromatic heterocycles. The lowest BCUT2D eigenvalue weighted by molar-refractivity contribution is 0.0303. The Kier molecular flexibility index (Phi) is 6.56. The SMILES string of the molecule is Cc1cc(C)cc(C(=O)N2CCCC2COc2ccc(C(=O)N3CCOCC3)cc2)c1. The molecular weight excluding hydrogens is 392 g/mol. The van der Waals surface area contributed by atoms with Gasteiger partial charge in [-0.15, -0.1) is 0 Å². The molecule has 2 aliphatic rings. The molecule has 2 saturated heterocycles. The van der Waals surface area contributed by atoms with Crippen LogP contribution in [0.15, 0.2) is 42.5 Å². The second-order valence-corrected chi connectivity index (χ2v) is 8.41. The van der Waals surface area contributed by atoms with E-state index in [2.05, 4.69) is 6.07 Å². The van der Waals surface area contributed by atoms with E-state index in [0.29, 0.717) is 44.2 Å². The molecular formula is C25H30N2O4. The van der Waals surface area contributed by atoms with Crippen LogP contribution in [0.3, 0.4) is 0 Å². The Morgan fingerprint density at radius 1 is 0.935 bits per heavy atom. The van der Waals surface area contributed by atoms with E-state index in [9.17, 15) is 9.59 Å². The molecule has 4 rings (SSSR count). The summed E-state index contributed by atoms with van der Waals surface area (Å²) in [5.74, 6) is 0.810. The summed E-state index contributed by atoms with van der Waals surface area (Å²) in [5, 5.41) is 0. The van der Waals surface area contributed by atoms with Crippen LogP contribution in [0.2, 0.25) is 0 Å². The van der Waals surface area contributed by atoms with Crippen LogP contribution in [0.5, 0.6) is 5.75 Å². The van der Waals surface area contributed by atoms with Crippen molar-refractivity contribution in [3.05, 3.63) is 64.7 Å². The summed E-state index contributed by atoms with van der Waals surface area (Å²) in [4.78, 5) is 29.4. The molecule has 6 nitrogen and oxygen atoms in total. The third-order valence-electron chi connectivity index (χ3n) is 5.95. The lowest BCUT2D eigenvalue weighted by Crippen LogP contribution is -2.40. The number of rotatable bonds is 5. The van der Waals surface area contributed by atoms with Gasteiger partial charge in [0.2, 0.25) is 0 Å². The summed E-state index contributed by atoms with van der Waals surface area (Å²) < 4.78 is 11.3. The molecule has 0 bridgehead atoms. The number of morpholine rings is 1. The highest BCUT2D eigenvalue weighted by Gasteiger charge is 2.30. The smallest absolute Gasteiger partial charge is 0.254 e. The van der Waals surface area contributed by atoms with Crippen molar-refractivity contribution in [2.24, 2.45) is 0 Å². The zero-order chi connectivity index (χ0) is 21.8. The van der Waals surface area contributed by atoms with Gasteiger partial charge in [-0.05, 0) is 63.1 Å². The van der Waals surface area contributed by atoms with E-state index >= 15 is 0 Å². The van der Waals surface area contributed by atoms with Crippen molar-refractivity contribution in [2.45, 2.75) is 32.7 Å². The number of hydrogen-bond acceptors (Lipinski definition) is 4. The first kappa shape index (κ1) is 21.4. The summed E-state index contributed by atoms with van der Waals surface area (Å²) in [6.07, 6.45) is 1.92. The second kappa shape index (κ2) is 9.52. The Labute approximate surface area is 183 Å². The fourth-order valence-corrected chi connectivity index (χ4v) is 4.38. The van der Waals surface area contributed by atoms with Gasteiger partial charge in [-0.25, -0.2) is 0 Å². The predicted molar refractivity (Wildman–Crippen MR) is 119 cm³/mol. The van der Waals surface area contributed by atoms with Crippen molar-refractivity contribution < 1.29 is 19.1 Å². The van der Waals surface area contributed by atoms with Crippen LogP contribution in [0.4, 0.5) is 0 Å². The summed E-state index contributed by atoms with van der Waals surface area (Å²) in [6, 6.07) is 13.3. The zero-order valence-corrected chi connectivity index (χ0v) is 18.3. The van der Waals surface area contributed by atoms with Crippen LogP contribution in [0, 0.1) is 13.8 Å². The Bertz CT molecular complexity index is 915. The average Bonchev–Trinajstić information content (AvgIpc) is 3.25. The van der Waals surface area contributed by atoms with Crippen molar-refractivity contribution in [3.8, 4) is 5.75 Å². The number of carbonyl (C=O) groups excluding carboxylic acids is 2. The first-order valence-corrected chi connectivity index (χ1v) is 11.0. The molecule has 0 saturated carbocycles. The number of hydrogen-bond donors (Lipinski definition) is 0. The number of nitrogens with zero attached hydrogens (tertiary/aromatic N) is 2. The van der Waals surface area contributed by atoms with Gasteiger partial charge in [0.1, 0.15) is 12.4 Å². The molecule has 0 spiro atoms. The molecule has 0 N–H and O–H groups in total. The number of benzene rings is 2. The van der Waals surface area contributed by atoms with Crippen LogP contribution in [0.25, 0.3) is 0 Å². The highest BCUT2D eigenvalue weighted by molar-refractivity contribution is 5.95. The predicted octanol–water partition coefficient (Wildman–Crippen LogP) is 3.46. The Hall–Kier alpha value is -2.86. The summed E-state index contributed by atoms with van der Waals surface area (Å²) in [6.45, 7) is 7.67. The van der Waals surface area contributed by atoms with E-state index in [1.165, 1.54) is 0 Å². The minimum absolute atomic E-state index is 0.0239. The van der Waals surface area contributed by atoms with Crippen LogP contribution >= 0.6 is 0 Å². The number of likely N-dealkylation sites (tertiary alicyclic amines) is 1. The van der Waals surface area contributed by atoms with Gasteiger partial charge in [-0.2, -0.15) is 0 Å². The molecule has 2 fully saturated rings. The van der Waals surface area contributed by atoms with E-state index in [1.807, 2.05) is 47.9 Å². The number of amides is 2. The molecule has 0 aliphatic carbocycles. The van der Waals surface area contributed by atoms with Gasteiger partial charge in [0, 0.05) is 30.8 Å². The monoisotopic (exact) mass is 422 g/mol. The fraction of sp³-hybridized carbons (Fsp3) is 0.440. The van der Waals surface area contributed by atoms with Gasteiger partial charge < -0.3 is 19.3 Å². The van der Waals surface area contributed by atoms with Gasteiger partial charge in [0.05, 0.1) is 19.3 Å². The summed E-state index contributed by atoms with van der Waals surface area (Å²) in [5.41, 5.74) is 3.60. The van der Waals surface area contributed by atoms with E-state index in [1.54, 1.807) is 12.1 Å². The topological polar surface area (TPSA) is 59.1 Å². The molecule has 2 aromatic carbocycles. The standard InChI is InChI=1S/C25H30N2O4/c1-18-14-19(2)16-21(15-18)25(29)27-9-3-4-22(27)17-31-23-7-5-20(6-8-23)24(28)26-10-12-30-13-11-26/h5-8,14-16,22H,3-4,9-13,17H2,1-2H3. The fourth-order valence-electron chi connectivity index (χ4n) is 4.38. The molecule has 2 heterocycles. The molecule has 2 amide bonds. The molecule has 164 valence electrons. The number of carbonyl (C=O) groups is 2. The van der Waals surface area contributed by atoms with E-state index < -0.39 is 0 Å². The van der Waals surface area contributed by atoms with E-state index in [-0.39, 0.29) is 17.9 Å². The zero-order valence-electron chi connectivity index (χ0n) is 18.3. The summed E-state index contributed by atoms with van der Waals surface area (Å²) in [7, 11) is 0. The van der Waals surface area contributed by atoms with Crippen molar-refractivity contribution in [3.63, 3.8) is 0 Å². The van der Waals surface area contributed by atoms with Gasteiger partial charge in [-0.1, -0.05) is 17.2 Å². The highest BCUT2D eigenvalue weighted by Crippen LogP contribution is 2.23.